The summed E-state index contributed by atoms with van der Waals surface area (Å²) in [6, 6.07) is 10.6. The number of carbonyl (C=O) groups is 1. The first kappa shape index (κ1) is 21.0. The Balaban J connectivity index is 1.99. The van der Waals surface area contributed by atoms with Gasteiger partial charge in [0.25, 0.3) is 5.56 Å². The molecule has 0 amide bonds. The van der Waals surface area contributed by atoms with Crippen LogP contribution < -0.4 is 15.0 Å². The number of aliphatic carboxylic acids is 1. The zero-order valence-corrected chi connectivity index (χ0v) is 16.9. The standard InChI is InChI=1S/C20H24BrNO5/c1-26-15-7-6-8-16(13-15)27-14-18-17(21)10-11-19(23)22(18)12-5-3-2-4-9-20(24)25/h6-8,10-11,13H,2-5,9,12,14H2,1H3,(H,24,25). The summed E-state index contributed by atoms with van der Waals surface area (Å²) in [6.45, 7) is 0.824. The van der Waals surface area contributed by atoms with E-state index in [2.05, 4.69) is 15.9 Å². The number of unbranched alkanes of at least 4 members (excludes halogenated alkanes) is 3. The number of methoxy groups -OCH3 is 1. The van der Waals surface area contributed by atoms with Gasteiger partial charge < -0.3 is 19.1 Å². The Hall–Kier alpha value is -2.28. The summed E-state index contributed by atoms with van der Waals surface area (Å²) in [4.78, 5) is 22.8. The molecule has 0 aliphatic rings. The van der Waals surface area contributed by atoms with E-state index in [1.54, 1.807) is 23.8 Å². The Labute approximate surface area is 166 Å². The number of ether oxygens (including phenoxy) is 2. The highest BCUT2D eigenvalue weighted by Gasteiger charge is 2.10. The highest BCUT2D eigenvalue weighted by atomic mass is 79.9. The molecule has 0 fully saturated rings. The number of nitrogens with zero attached hydrogens (tertiary/aromatic N) is 1. The van der Waals surface area contributed by atoms with E-state index in [9.17, 15) is 9.59 Å². The van der Waals surface area contributed by atoms with E-state index in [1.165, 1.54) is 6.07 Å². The first-order valence-corrected chi connectivity index (χ1v) is 9.67. The second-order valence-corrected chi connectivity index (χ2v) is 7.00. The predicted molar refractivity (Wildman–Crippen MR) is 106 cm³/mol. The fraction of sp³-hybridized carbons (Fsp3) is 0.400. The lowest BCUT2D eigenvalue weighted by atomic mass is 10.1. The average Bonchev–Trinajstić information content (AvgIpc) is 2.66. The van der Waals surface area contributed by atoms with Gasteiger partial charge in [0.05, 0.1) is 12.8 Å². The maximum absolute atomic E-state index is 12.3. The third-order valence-electron chi connectivity index (χ3n) is 4.18. The van der Waals surface area contributed by atoms with E-state index in [4.69, 9.17) is 14.6 Å². The van der Waals surface area contributed by atoms with Crippen molar-refractivity contribution in [1.29, 1.82) is 0 Å². The minimum atomic E-state index is -0.768. The number of benzene rings is 1. The third kappa shape index (κ3) is 6.75. The molecule has 1 aromatic heterocycles. The van der Waals surface area contributed by atoms with Gasteiger partial charge in [-0.05, 0) is 47.0 Å². The Morgan fingerprint density at radius 2 is 1.85 bits per heavy atom. The second-order valence-electron chi connectivity index (χ2n) is 6.14. The number of carboxylic acids is 1. The van der Waals surface area contributed by atoms with Crippen LogP contribution in [-0.2, 0) is 17.9 Å². The van der Waals surface area contributed by atoms with Crippen LogP contribution in [0.15, 0.2) is 45.7 Å². The van der Waals surface area contributed by atoms with E-state index < -0.39 is 5.97 Å². The molecule has 0 aliphatic heterocycles. The van der Waals surface area contributed by atoms with E-state index in [1.807, 2.05) is 18.2 Å². The highest BCUT2D eigenvalue weighted by molar-refractivity contribution is 9.10. The fourth-order valence-electron chi connectivity index (χ4n) is 2.73. The number of carboxylic acid groups (broad SMARTS) is 1. The molecule has 0 radical (unpaired) electrons. The van der Waals surface area contributed by atoms with Crippen molar-refractivity contribution < 1.29 is 19.4 Å². The van der Waals surface area contributed by atoms with Gasteiger partial charge in [-0.15, -0.1) is 0 Å². The molecule has 0 saturated carbocycles. The topological polar surface area (TPSA) is 77.8 Å². The summed E-state index contributed by atoms with van der Waals surface area (Å²) in [6.07, 6.45) is 3.38. The largest absolute Gasteiger partial charge is 0.497 e. The lowest BCUT2D eigenvalue weighted by Crippen LogP contribution is -2.24. The number of hydrogen-bond donors (Lipinski definition) is 1. The van der Waals surface area contributed by atoms with Crippen molar-refractivity contribution >= 4 is 21.9 Å². The number of halogens is 1. The van der Waals surface area contributed by atoms with Crippen molar-refractivity contribution in [1.82, 2.24) is 4.57 Å². The van der Waals surface area contributed by atoms with Crippen LogP contribution in [0.1, 0.15) is 37.8 Å². The molecule has 0 spiro atoms. The van der Waals surface area contributed by atoms with E-state index in [-0.39, 0.29) is 18.6 Å². The zero-order valence-electron chi connectivity index (χ0n) is 15.3. The van der Waals surface area contributed by atoms with Crippen LogP contribution in [-0.4, -0.2) is 22.8 Å². The molecule has 2 aromatic rings. The summed E-state index contributed by atoms with van der Waals surface area (Å²) in [7, 11) is 1.60. The molecule has 0 bridgehead atoms. The van der Waals surface area contributed by atoms with Gasteiger partial charge in [-0.3, -0.25) is 9.59 Å². The Kier molecular flexibility index (Phi) is 8.39. The SMILES string of the molecule is COc1cccc(OCc2c(Br)ccc(=O)n2CCCCCCC(=O)O)c1. The second kappa shape index (κ2) is 10.8. The number of aromatic nitrogens is 1. The van der Waals surface area contributed by atoms with Crippen LogP contribution in [0, 0.1) is 0 Å². The van der Waals surface area contributed by atoms with Gasteiger partial charge in [-0.25, -0.2) is 0 Å². The molecule has 1 heterocycles. The predicted octanol–water partition coefficient (Wildman–Crippen LogP) is 4.23. The van der Waals surface area contributed by atoms with Crippen LogP contribution in [0.5, 0.6) is 11.5 Å². The molecule has 1 aromatic carbocycles. The molecule has 1 N–H and O–H groups in total. The first-order chi connectivity index (χ1) is 13.0. The van der Waals surface area contributed by atoms with Gasteiger partial charge in [-0.2, -0.15) is 0 Å². The van der Waals surface area contributed by atoms with Gasteiger partial charge in [-0.1, -0.05) is 18.9 Å². The molecule has 2 rings (SSSR count). The van der Waals surface area contributed by atoms with Gasteiger partial charge in [0, 0.05) is 29.6 Å². The average molecular weight is 438 g/mol. The smallest absolute Gasteiger partial charge is 0.303 e. The van der Waals surface area contributed by atoms with Crippen LogP contribution in [0.3, 0.4) is 0 Å². The lowest BCUT2D eigenvalue weighted by molar-refractivity contribution is -0.137. The maximum atomic E-state index is 12.3. The molecule has 0 unspecified atom stereocenters. The van der Waals surface area contributed by atoms with Gasteiger partial charge >= 0.3 is 5.97 Å². The molecule has 0 saturated heterocycles. The Morgan fingerprint density at radius 3 is 2.59 bits per heavy atom. The van der Waals surface area contributed by atoms with E-state index in [0.717, 1.165) is 29.4 Å². The van der Waals surface area contributed by atoms with Crippen molar-refractivity contribution in [2.24, 2.45) is 0 Å². The van der Waals surface area contributed by atoms with Crippen molar-refractivity contribution in [3.8, 4) is 11.5 Å². The fourth-order valence-corrected chi connectivity index (χ4v) is 3.19. The quantitative estimate of drug-likeness (QED) is 0.532. The molecular weight excluding hydrogens is 414 g/mol. The van der Waals surface area contributed by atoms with Crippen molar-refractivity contribution in [3.63, 3.8) is 0 Å². The minimum absolute atomic E-state index is 0.0759. The molecule has 0 atom stereocenters. The van der Waals surface area contributed by atoms with Gasteiger partial charge in [0.2, 0.25) is 0 Å². The first-order valence-electron chi connectivity index (χ1n) is 8.88. The molecule has 146 valence electrons. The van der Waals surface area contributed by atoms with Crippen molar-refractivity contribution in [2.45, 2.75) is 45.3 Å². The molecule has 6 nitrogen and oxygen atoms in total. The van der Waals surface area contributed by atoms with Crippen LogP contribution in [0.2, 0.25) is 0 Å². The molecular formula is C20H24BrNO5. The van der Waals surface area contributed by atoms with Crippen LogP contribution in [0.25, 0.3) is 0 Å². The molecule has 7 heteroatoms. The monoisotopic (exact) mass is 437 g/mol. The Morgan fingerprint density at radius 1 is 1.11 bits per heavy atom. The summed E-state index contributed by atoms with van der Waals surface area (Å²) in [5, 5.41) is 8.66. The van der Waals surface area contributed by atoms with Gasteiger partial charge in [0.15, 0.2) is 0 Å². The summed E-state index contributed by atoms with van der Waals surface area (Å²) >= 11 is 3.50. The third-order valence-corrected chi connectivity index (χ3v) is 4.90. The summed E-state index contributed by atoms with van der Waals surface area (Å²) in [5.74, 6) is 0.603. The maximum Gasteiger partial charge on any atom is 0.303 e. The molecule has 27 heavy (non-hydrogen) atoms. The number of pyridine rings is 1. The Bertz CT molecular complexity index is 818. The highest BCUT2D eigenvalue weighted by Crippen LogP contribution is 2.22. The minimum Gasteiger partial charge on any atom is -0.497 e. The van der Waals surface area contributed by atoms with Crippen molar-refractivity contribution in [3.05, 3.63) is 56.9 Å². The van der Waals surface area contributed by atoms with Crippen LogP contribution >= 0.6 is 15.9 Å². The summed E-state index contributed by atoms with van der Waals surface area (Å²) < 4.78 is 13.6. The van der Waals surface area contributed by atoms with Gasteiger partial charge in [0.1, 0.15) is 18.1 Å². The van der Waals surface area contributed by atoms with Crippen LogP contribution in [0.4, 0.5) is 0 Å². The number of hydrogen-bond acceptors (Lipinski definition) is 4. The normalized spacial score (nSPS) is 10.6. The summed E-state index contributed by atoms with van der Waals surface area (Å²) in [5.41, 5.74) is 0.698. The van der Waals surface area contributed by atoms with E-state index in [0.29, 0.717) is 24.5 Å². The zero-order chi connectivity index (χ0) is 19.6. The lowest BCUT2D eigenvalue weighted by Gasteiger charge is -2.15. The van der Waals surface area contributed by atoms with E-state index >= 15 is 0 Å². The molecule has 0 aliphatic carbocycles. The van der Waals surface area contributed by atoms with Crippen molar-refractivity contribution in [2.75, 3.05) is 7.11 Å². The number of rotatable bonds is 11.